The molecule has 0 aromatic heterocycles. The van der Waals surface area contributed by atoms with Crippen LogP contribution in [0.3, 0.4) is 0 Å². The average molecular weight is 268 g/mol. The van der Waals surface area contributed by atoms with Gasteiger partial charge in [0.1, 0.15) is 18.3 Å². The fraction of sp³-hybridized carbons (Fsp3) is 0.556. The summed E-state index contributed by atoms with van der Waals surface area (Å²) in [6.07, 6.45) is -3.18. The van der Waals surface area contributed by atoms with Crippen molar-refractivity contribution in [1.29, 1.82) is 0 Å². The zero-order valence-electron chi connectivity index (χ0n) is 9.25. The summed E-state index contributed by atoms with van der Waals surface area (Å²) in [5.41, 5.74) is 0. The zero-order chi connectivity index (χ0) is 14.7. The van der Waals surface area contributed by atoms with Crippen LogP contribution in [0.2, 0.25) is 0 Å². The van der Waals surface area contributed by atoms with Crippen molar-refractivity contribution in [2.45, 2.75) is 18.3 Å². The molecule has 0 rings (SSSR count). The molecule has 18 heavy (non-hydrogen) atoms. The predicted molar refractivity (Wildman–Crippen MR) is 56.6 cm³/mol. The van der Waals surface area contributed by atoms with Crippen LogP contribution in [0.1, 0.15) is 0 Å². The van der Waals surface area contributed by atoms with Crippen molar-refractivity contribution >= 4 is 11.9 Å². The van der Waals surface area contributed by atoms with E-state index in [0.717, 1.165) is 0 Å². The molecule has 0 fully saturated rings. The van der Waals surface area contributed by atoms with Gasteiger partial charge in [0.15, 0.2) is 0 Å². The van der Waals surface area contributed by atoms with Crippen LogP contribution in [-0.4, -0.2) is 79.2 Å². The molecular formula is C9H16O9. The van der Waals surface area contributed by atoms with Crippen molar-refractivity contribution in [2.24, 2.45) is 0 Å². The van der Waals surface area contributed by atoms with Crippen LogP contribution in [-0.2, 0) is 9.59 Å². The van der Waals surface area contributed by atoms with E-state index < -0.39 is 43.5 Å². The number of hydrogen-bond donors (Lipinski definition) is 7. The summed E-state index contributed by atoms with van der Waals surface area (Å²) in [5, 5.41) is 58.2. The molecule has 0 aliphatic carbocycles. The topological polar surface area (TPSA) is 176 Å². The standard InChI is InChI=1S/C5H12O5.C4H4O4/c6-1-3(8)5(10)4(9)2-7;5-3(6)1-2-4(7)8/h3-10H,1-2H2;1-2H,(H,5,6)(H,7,8)/b;2-1-. The predicted octanol–water partition coefficient (Wildman–Crippen LogP) is -3.23. The number of aliphatic hydroxyl groups is 5. The van der Waals surface area contributed by atoms with Crippen molar-refractivity contribution in [1.82, 2.24) is 0 Å². The van der Waals surface area contributed by atoms with E-state index in [9.17, 15) is 9.59 Å². The summed E-state index contributed by atoms with van der Waals surface area (Å²) in [7, 11) is 0. The molecule has 2 unspecified atom stereocenters. The maximum Gasteiger partial charge on any atom is 0.328 e. The smallest absolute Gasteiger partial charge is 0.328 e. The number of hydrogen-bond acceptors (Lipinski definition) is 7. The van der Waals surface area contributed by atoms with E-state index in [1.54, 1.807) is 0 Å². The largest absolute Gasteiger partial charge is 0.478 e. The minimum Gasteiger partial charge on any atom is -0.478 e. The van der Waals surface area contributed by atoms with E-state index in [1.807, 2.05) is 0 Å². The molecule has 0 saturated heterocycles. The fourth-order valence-electron chi connectivity index (χ4n) is 0.615. The van der Waals surface area contributed by atoms with Crippen molar-refractivity contribution < 1.29 is 45.3 Å². The van der Waals surface area contributed by atoms with Crippen LogP contribution in [0.5, 0.6) is 0 Å². The van der Waals surface area contributed by atoms with Crippen LogP contribution < -0.4 is 0 Å². The zero-order valence-corrected chi connectivity index (χ0v) is 9.25. The lowest BCUT2D eigenvalue weighted by Crippen LogP contribution is -2.41. The highest BCUT2D eigenvalue weighted by molar-refractivity contribution is 5.89. The Morgan fingerprint density at radius 3 is 1.28 bits per heavy atom. The second kappa shape index (κ2) is 10.6. The van der Waals surface area contributed by atoms with Gasteiger partial charge in [-0.1, -0.05) is 0 Å². The van der Waals surface area contributed by atoms with Crippen molar-refractivity contribution in [3.8, 4) is 0 Å². The van der Waals surface area contributed by atoms with Gasteiger partial charge in [0.25, 0.3) is 0 Å². The van der Waals surface area contributed by atoms with Gasteiger partial charge in [-0.25, -0.2) is 9.59 Å². The van der Waals surface area contributed by atoms with Crippen molar-refractivity contribution in [3.05, 3.63) is 12.2 Å². The third-order valence-corrected chi connectivity index (χ3v) is 1.53. The molecule has 0 spiro atoms. The van der Waals surface area contributed by atoms with Gasteiger partial charge in [0.05, 0.1) is 13.2 Å². The Morgan fingerprint density at radius 1 is 0.833 bits per heavy atom. The first-order chi connectivity index (χ1) is 8.26. The maximum absolute atomic E-state index is 9.55. The van der Waals surface area contributed by atoms with Gasteiger partial charge in [-0.2, -0.15) is 0 Å². The highest BCUT2D eigenvalue weighted by Crippen LogP contribution is 1.97. The molecule has 0 heterocycles. The molecule has 9 heteroatoms. The van der Waals surface area contributed by atoms with Gasteiger partial charge in [0.2, 0.25) is 0 Å². The van der Waals surface area contributed by atoms with Crippen molar-refractivity contribution in [2.75, 3.05) is 13.2 Å². The van der Waals surface area contributed by atoms with Gasteiger partial charge in [-0.15, -0.1) is 0 Å². The van der Waals surface area contributed by atoms with Gasteiger partial charge < -0.3 is 35.7 Å². The maximum atomic E-state index is 9.55. The molecule has 7 N–H and O–H groups in total. The molecule has 0 aromatic rings. The molecule has 0 aliphatic heterocycles. The van der Waals surface area contributed by atoms with Crippen LogP contribution in [0.25, 0.3) is 0 Å². The number of carbonyl (C=O) groups is 2. The molecule has 0 amide bonds. The highest BCUT2D eigenvalue weighted by Gasteiger charge is 2.22. The molecule has 0 radical (unpaired) electrons. The van der Waals surface area contributed by atoms with E-state index in [-0.39, 0.29) is 0 Å². The fourth-order valence-corrected chi connectivity index (χ4v) is 0.615. The van der Waals surface area contributed by atoms with Gasteiger partial charge in [-0.3, -0.25) is 0 Å². The summed E-state index contributed by atoms with van der Waals surface area (Å²) in [4.78, 5) is 19.1. The number of carboxylic acid groups (broad SMARTS) is 2. The second-order valence-electron chi connectivity index (χ2n) is 3.00. The van der Waals surface area contributed by atoms with E-state index in [1.165, 1.54) is 0 Å². The molecule has 0 aromatic carbocycles. The first-order valence-corrected chi connectivity index (χ1v) is 4.66. The second-order valence-corrected chi connectivity index (χ2v) is 3.00. The van der Waals surface area contributed by atoms with E-state index in [4.69, 9.17) is 35.7 Å². The Morgan fingerprint density at radius 2 is 1.11 bits per heavy atom. The van der Waals surface area contributed by atoms with Gasteiger partial charge in [-0.05, 0) is 0 Å². The SMILES string of the molecule is O=C(O)/C=C\C(=O)O.OCC(O)C(O)C(O)CO. The molecule has 9 nitrogen and oxygen atoms in total. The number of rotatable bonds is 6. The van der Waals surface area contributed by atoms with E-state index >= 15 is 0 Å². The average Bonchev–Trinajstić information content (AvgIpc) is 2.34. The van der Waals surface area contributed by atoms with Crippen LogP contribution in [0.15, 0.2) is 12.2 Å². The van der Waals surface area contributed by atoms with E-state index in [0.29, 0.717) is 12.2 Å². The van der Waals surface area contributed by atoms with E-state index in [2.05, 4.69) is 0 Å². The third-order valence-electron chi connectivity index (χ3n) is 1.53. The van der Waals surface area contributed by atoms with Crippen LogP contribution in [0, 0.1) is 0 Å². The quantitative estimate of drug-likeness (QED) is 0.244. The van der Waals surface area contributed by atoms with Crippen molar-refractivity contribution in [3.63, 3.8) is 0 Å². The Labute approximate surface area is 102 Å². The summed E-state index contributed by atoms with van der Waals surface area (Å²) in [6, 6.07) is 0. The minimum atomic E-state index is -1.49. The lowest BCUT2D eigenvalue weighted by atomic mass is 10.1. The molecule has 0 saturated carbocycles. The normalized spacial score (nSPS) is 15.4. The summed E-state index contributed by atoms with van der Waals surface area (Å²) in [5.74, 6) is -2.51. The Hall–Kier alpha value is -1.52. The number of aliphatic hydroxyl groups excluding tert-OH is 5. The van der Waals surface area contributed by atoms with Crippen LogP contribution in [0.4, 0.5) is 0 Å². The monoisotopic (exact) mass is 268 g/mol. The number of aliphatic carboxylic acids is 2. The highest BCUT2D eigenvalue weighted by atomic mass is 16.4. The Balaban J connectivity index is 0. The Kier molecular flexibility index (Phi) is 11.1. The first kappa shape index (κ1) is 18.8. The molecule has 2 atom stereocenters. The Bertz CT molecular complexity index is 249. The summed E-state index contributed by atoms with van der Waals surface area (Å²) in [6.45, 7) is -1.28. The minimum absolute atomic E-state index is 0.558. The first-order valence-electron chi connectivity index (χ1n) is 4.66. The summed E-state index contributed by atoms with van der Waals surface area (Å²) >= 11 is 0. The van der Waals surface area contributed by atoms with Gasteiger partial charge >= 0.3 is 11.9 Å². The number of carboxylic acids is 2. The van der Waals surface area contributed by atoms with Crippen LogP contribution >= 0.6 is 0 Å². The molecule has 106 valence electrons. The molecular weight excluding hydrogens is 252 g/mol. The summed E-state index contributed by atoms with van der Waals surface area (Å²) < 4.78 is 0. The molecule has 0 bridgehead atoms. The molecule has 0 aliphatic rings. The lowest BCUT2D eigenvalue weighted by Gasteiger charge is -2.19. The third kappa shape index (κ3) is 11.0. The lowest BCUT2D eigenvalue weighted by molar-refractivity contribution is -0.134. The van der Waals surface area contributed by atoms with Gasteiger partial charge in [0, 0.05) is 12.2 Å².